The van der Waals surface area contributed by atoms with Crippen molar-refractivity contribution in [2.24, 2.45) is 5.41 Å². The average Bonchev–Trinajstić information content (AvgIpc) is 3.28. The number of H-pyrrole nitrogens is 1. The van der Waals surface area contributed by atoms with E-state index in [-0.39, 0.29) is 30.2 Å². The van der Waals surface area contributed by atoms with Crippen LogP contribution < -0.4 is 10.6 Å². The molecule has 4 N–H and O–H groups in total. The van der Waals surface area contributed by atoms with Gasteiger partial charge in [-0.1, -0.05) is 45.0 Å². The van der Waals surface area contributed by atoms with Crippen molar-refractivity contribution >= 4 is 11.8 Å². The second-order valence-electron chi connectivity index (χ2n) is 9.71. The number of hydrogen-bond acceptors (Lipinski definition) is 5. The van der Waals surface area contributed by atoms with Gasteiger partial charge < -0.3 is 20.6 Å². The summed E-state index contributed by atoms with van der Waals surface area (Å²) in [5.74, 6) is -0.406. The zero-order chi connectivity index (χ0) is 23.6. The Morgan fingerprint density at radius 2 is 1.91 bits per heavy atom. The summed E-state index contributed by atoms with van der Waals surface area (Å²) < 4.78 is 0. The highest BCUT2D eigenvalue weighted by atomic mass is 16.3. The van der Waals surface area contributed by atoms with Crippen molar-refractivity contribution in [3.8, 4) is 11.1 Å². The maximum atomic E-state index is 13.1. The molecule has 3 atom stereocenters. The molecule has 8 nitrogen and oxygen atoms in total. The summed E-state index contributed by atoms with van der Waals surface area (Å²) in [6.07, 6.45) is -0.455. The van der Waals surface area contributed by atoms with Gasteiger partial charge in [-0.05, 0) is 37.4 Å². The Bertz CT molecular complexity index is 942. The molecule has 1 fully saturated rings. The van der Waals surface area contributed by atoms with Crippen molar-refractivity contribution < 1.29 is 14.7 Å². The number of aliphatic hydroxyl groups is 1. The Balaban J connectivity index is 1.66. The quantitative estimate of drug-likeness (QED) is 0.547. The first kappa shape index (κ1) is 23.9. The summed E-state index contributed by atoms with van der Waals surface area (Å²) in [5, 5.41) is 23.4. The number of likely N-dealkylation sites (N-methyl/N-ethyl adjacent to an activating group) is 1. The number of aliphatic hydroxyl groups excluding tert-OH is 1. The highest BCUT2D eigenvalue weighted by Gasteiger charge is 2.43. The first-order chi connectivity index (χ1) is 15.0. The lowest BCUT2D eigenvalue weighted by atomic mass is 9.86. The highest BCUT2D eigenvalue weighted by molar-refractivity contribution is 5.91. The van der Waals surface area contributed by atoms with Gasteiger partial charge in [0.25, 0.3) is 0 Å². The minimum absolute atomic E-state index is 0.160. The van der Waals surface area contributed by atoms with Crippen molar-refractivity contribution in [3.05, 3.63) is 41.2 Å². The van der Waals surface area contributed by atoms with Crippen molar-refractivity contribution in [3.63, 3.8) is 0 Å². The zero-order valence-electron chi connectivity index (χ0n) is 19.8. The molecule has 0 spiro atoms. The zero-order valence-corrected chi connectivity index (χ0v) is 19.8. The van der Waals surface area contributed by atoms with Gasteiger partial charge in [-0.3, -0.25) is 14.7 Å². The lowest BCUT2D eigenvalue weighted by molar-refractivity contribution is -0.142. The lowest BCUT2D eigenvalue weighted by Gasteiger charge is -2.34. The molecule has 0 bridgehead atoms. The maximum Gasteiger partial charge on any atom is 0.243 e. The molecule has 3 rings (SSSR count). The molecule has 174 valence electrons. The monoisotopic (exact) mass is 441 g/mol. The Morgan fingerprint density at radius 3 is 2.44 bits per heavy atom. The number of nitrogens with one attached hydrogen (secondary N) is 3. The molecule has 0 aliphatic carbocycles. The summed E-state index contributed by atoms with van der Waals surface area (Å²) in [6, 6.07) is 6.87. The topological polar surface area (TPSA) is 110 Å². The Hall–Kier alpha value is -2.71. The standard InChI is InChI=1S/C24H35N5O3/c1-14-20(15(2)28-27-14)17-9-7-16(8-10-17)12-26-22(31)19-11-18(30)13-29(19)23(32)21(25-6)24(3,4)5/h7-10,18-19,21,25,30H,11-13H2,1-6H3,(H,26,31)(H,27,28)/t18-,19+,21-/m1/s1. The minimum Gasteiger partial charge on any atom is -0.391 e. The molecule has 1 aromatic carbocycles. The number of aromatic amines is 1. The predicted octanol–water partition coefficient (Wildman–Crippen LogP) is 1.91. The maximum absolute atomic E-state index is 13.1. The van der Waals surface area contributed by atoms with Crippen LogP contribution in [0.2, 0.25) is 0 Å². The summed E-state index contributed by atoms with van der Waals surface area (Å²) >= 11 is 0. The van der Waals surface area contributed by atoms with Crippen LogP contribution in [0.1, 0.15) is 44.1 Å². The smallest absolute Gasteiger partial charge is 0.243 e. The number of aryl methyl sites for hydroxylation is 2. The number of aromatic nitrogens is 2. The van der Waals surface area contributed by atoms with E-state index in [1.54, 1.807) is 7.05 Å². The fraction of sp³-hybridized carbons (Fsp3) is 0.542. The number of nitrogens with zero attached hydrogens (tertiary/aromatic N) is 2. The van der Waals surface area contributed by atoms with Crippen molar-refractivity contribution in [1.29, 1.82) is 0 Å². The summed E-state index contributed by atoms with van der Waals surface area (Å²) in [7, 11) is 1.74. The van der Waals surface area contributed by atoms with Crippen LogP contribution in [-0.2, 0) is 16.1 Å². The van der Waals surface area contributed by atoms with Crippen molar-refractivity contribution in [2.45, 2.75) is 65.8 Å². The molecular formula is C24H35N5O3. The molecule has 0 radical (unpaired) electrons. The summed E-state index contributed by atoms with van der Waals surface area (Å²) in [6.45, 7) is 10.4. The van der Waals surface area contributed by atoms with Crippen LogP contribution in [0.4, 0.5) is 0 Å². The second kappa shape index (κ2) is 9.42. The average molecular weight is 442 g/mol. The number of β-amino-alcohol motifs (C(OH)–C–C–N with tert-alkyl or cyclic N) is 1. The molecular weight excluding hydrogens is 406 g/mol. The van der Waals surface area contributed by atoms with E-state index in [4.69, 9.17) is 0 Å². The molecule has 32 heavy (non-hydrogen) atoms. The molecule has 2 aromatic rings. The van der Waals surface area contributed by atoms with Gasteiger partial charge in [-0.15, -0.1) is 0 Å². The molecule has 8 heteroatoms. The van der Waals surface area contributed by atoms with E-state index in [2.05, 4.69) is 20.8 Å². The molecule has 0 saturated carbocycles. The Kier molecular flexibility index (Phi) is 7.05. The Labute approximate surface area is 189 Å². The number of rotatable bonds is 6. The van der Waals surface area contributed by atoms with Crippen LogP contribution in [0.3, 0.4) is 0 Å². The van der Waals surface area contributed by atoms with Gasteiger partial charge in [0.15, 0.2) is 0 Å². The van der Waals surface area contributed by atoms with Crippen LogP contribution in [0, 0.1) is 19.3 Å². The number of hydrogen-bond donors (Lipinski definition) is 4. The van der Waals surface area contributed by atoms with Gasteiger partial charge in [0.1, 0.15) is 6.04 Å². The largest absolute Gasteiger partial charge is 0.391 e. The SMILES string of the molecule is CN[C@H](C(=O)N1C[C@H](O)C[C@H]1C(=O)NCc1ccc(-c2c(C)n[nH]c2C)cc1)C(C)(C)C. The van der Waals surface area contributed by atoms with E-state index < -0.39 is 18.2 Å². The van der Waals surface area contributed by atoms with Crippen LogP contribution in [0.15, 0.2) is 24.3 Å². The molecule has 1 aromatic heterocycles. The van der Waals surface area contributed by atoms with Gasteiger partial charge in [-0.2, -0.15) is 5.10 Å². The molecule has 2 amide bonds. The number of carbonyl (C=O) groups excluding carboxylic acids is 2. The molecule has 1 saturated heterocycles. The highest BCUT2D eigenvalue weighted by Crippen LogP contribution is 2.27. The predicted molar refractivity (Wildman–Crippen MR) is 124 cm³/mol. The minimum atomic E-state index is -0.701. The van der Waals surface area contributed by atoms with E-state index in [1.807, 2.05) is 58.9 Å². The fourth-order valence-electron chi connectivity index (χ4n) is 4.47. The molecule has 1 aliphatic heterocycles. The summed E-state index contributed by atoms with van der Waals surface area (Å²) in [4.78, 5) is 27.6. The van der Waals surface area contributed by atoms with E-state index >= 15 is 0 Å². The van der Waals surface area contributed by atoms with Crippen molar-refractivity contribution in [2.75, 3.05) is 13.6 Å². The van der Waals surface area contributed by atoms with Gasteiger partial charge in [0.05, 0.1) is 17.8 Å². The van der Waals surface area contributed by atoms with Gasteiger partial charge in [-0.25, -0.2) is 0 Å². The first-order valence-electron chi connectivity index (χ1n) is 11.1. The lowest BCUT2D eigenvalue weighted by Crippen LogP contribution is -2.55. The molecule has 1 aliphatic rings. The van der Waals surface area contributed by atoms with Crippen LogP contribution in [0.25, 0.3) is 11.1 Å². The van der Waals surface area contributed by atoms with Crippen LogP contribution in [0.5, 0.6) is 0 Å². The third kappa shape index (κ3) is 5.02. The Morgan fingerprint density at radius 1 is 1.25 bits per heavy atom. The first-order valence-corrected chi connectivity index (χ1v) is 11.1. The summed E-state index contributed by atoms with van der Waals surface area (Å²) in [5.41, 5.74) is 4.77. The van der Waals surface area contributed by atoms with E-state index in [0.717, 1.165) is 28.1 Å². The van der Waals surface area contributed by atoms with Gasteiger partial charge in [0, 0.05) is 30.8 Å². The fourth-order valence-corrected chi connectivity index (χ4v) is 4.47. The van der Waals surface area contributed by atoms with Gasteiger partial charge >= 0.3 is 0 Å². The number of likely N-dealkylation sites (tertiary alicyclic amines) is 1. The number of carbonyl (C=O) groups is 2. The van der Waals surface area contributed by atoms with E-state index in [1.165, 1.54) is 4.90 Å². The second-order valence-corrected chi connectivity index (χ2v) is 9.71. The van der Waals surface area contributed by atoms with Crippen LogP contribution in [-0.4, -0.2) is 63.8 Å². The third-order valence-corrected chi connectivity index (χ3v) is 6.10. The van der Waals surface area contributed by atoms with Gasteiger partial charge in [0.2, 0.25) is 11.8 Å². The number of amides is 2. The van der Waals surface area contributed by atoms with Crippen LogP contribution >= 0.6 is 0 Å². The molecule has 0 unspecified atom stereocenters. The van der Waals surface area contributed by atoms with E-state index in [9.17, 15) is 14.7 Å². The van der Waals surface area contributed by atoms with Crippen molar-refractivity contribution in [1.82, 2.24) is 25.7 Å². The number of benzene rings is 1. The molecule has 2 heterocycles. The third-order valence-electron chi connectivity index (χ3n) is 6.10. The normalized spacial score (nSPS) is 19.8. The van der Waals surface area contributed by atoms with E-state index in [0.29, 0.717) is 6.54 Å².